The van der Waals surface area contributed by atoms with Crippen LogP contribution in [0.3, 0.4) is 0 Å². The zero-order chi connectivity index (χ0) is 15.4. The lowest BCUT2D eigenvalue weighted by molar-refractivity contribution is -0.385. The van der Waals surface area contributed by atoms with Gasteiger partial charge in [-0.2, -0.15) is 4.98 Å². The number of hydrogen-bond donors (Lipinski definition) is 1. The van der Waals surface area contributed by atoms with Crippen LogP contribution in [0.15, 0.2) is 6.33 Å². The molecule has 10 heteroatoms. The van der Waals surface area contributed by atoms with E-state index in [0.29, 0.717) is 26.2 Å². The lowest BCUT2D eigenvalue weighted by Gasteiger charge is -2.34. The van der Waals surface area contributed by atoms with E-state index in [1.807, 2.05) is 0 Å². The summed E-state index contributed by atoms with van der Waals surface area (Å²) in [6.07, 6.45) is 1.21. The van der Waals surface area contributed by atoms with E-state index in [0.717, 1.165) is 0 Å². The average molecular weight is 297 g/mol. The second kappa shape index (κ2) is 6.31. The van der Waals surface area contributed by atoms with E-state index in [1.54, 1.807) is 9.80 Å². The van der Waals surface area contributed by atoms with Gasteiger partial charge in [0.25, 0.3) is 5.88 Å². The number of methoxy groups -OCH3 is 1. The maximum Gasteiger partial charge on any atom is 0.372 e. The number of aromatic nitrogens is 2. The van der Waals surface area contributed by atoms with E-state index < -0.39 is 10.9 Å². The number of ether oxygens (including phenoxy) is 1. The van der Waals surface area contributed by atoms with Gasteiger partial charge in [0.05, 0.1) is 18.6 Å². The minimum atomic E-state index is -0.891. The Hall–Kier alpha value is -2.49. The number of hydrogen-bond acceptors (Lipinski definition) is 8. The van der Waals surface area contributed by atoms with Gasteiger partial charge in [-0.1, -0.05) is 0 Å². The lowest BCUT2D eigenvalue weighted by atomic mass is 10.3. The largest absolute Gasteiger partial charge is 0.480 e. The van der Waals surface area contributed by atoms with Crippen molar-refractivity contribution in [3.8, 4) is 5.88 Å². The molecule has 2 rings (SSSR count). The number of rotatable bonds is 5. The molecule has 1 N–H and O–H groups in total. The minimum Gasteiger partial charge on any atom is -0.480 e. The van der Waals surface area contributed by atoms with E-state index >= 15 is 0 Å². The van der Waals surface area contributed by atoms with Crippen LogP contribution in [0.4, 0.5) is 11.5 Å². The third kappa shape index (κ3) is 3.34. The monoisotopic (exact) mass is 297 g/mol. The molecule has 0 radical (unpaired) electrons. The Morgan fingerprint density at radius 1 is 1.43 bits per heavy atom. The van der Waals surface area contributed by atoms with Crippen LogP contribution in [-0.4, -0.2) is 70.7 Å². The molecule has 114 valence electrons. The van der Waals surface area contributed by atoms with Gasteiger partial charge in [0, 0.05) is 26.2 Å². The zero-order valence-corrected chi connectivity index (χ0v) is 11.4. The molecule has 1 aromatic rings. The molecule has 0 amide bonds. The highest BCUT2D eigenvalue weighted by Crippen LogP contribution is 2.33. The highest BCUT2D eigenvalue weighted by atomic mass is 16.6. The van der Waals surface area contributed by atoms with Crippen LogP contribution in [0.5, 0.6) is 5.88 Å². The number of nitro groups is 1. The molecule has 1 aromatic heterocycles. The number of carboxylic acid groups (broad SMARTS) is 1. The molecule has 2 heterocycles. The summed E-state index contributed by atoms with van der Waals surface area (Å²) < 4.78 is 4.90. The Kier molecular flexibility index (Phi) is 4.48. The van der Waals surface area contributed by atoms with Crippen LogP contribution < -0.4 is 9.64 Å². The lowest BCUT2D eigenvalue weighted by Crippen LogP contribution is -2.48. The van der Waals surface area contributed by atoms with E-state index in [2.05, 4.69) is 9.97 Å². The van der Waals surface area contributed by atoms with E-state index in [4.69, 9.17) is 9.84 Å². The molecule has 0 aromatic carbocycles. The maximum atomic E-state index is 11.2. The molecule has 1 saturated heterocycles. The molecule has 0 spiro atoms. The van der Waals surface area contributed by atoms with Crippen LogP contribution in [-0.2, 0) is 4.79 Å². The van der Waals surface area contributed by atoms with Gasteiger partial charge in [-0.25, -0.2) is 4.98 Å². The SMILES string of the molecule is COc1ncnc(N2CCN(CC(=O)O)CC2)c1[N+](=O)[O-]. The summed E-state index contributed by atoms with van der Waals surface area (Å²) in [5, 5.41) is 19.9. The minimum absolute atomic E-state index is 0.0387. The summed E-state index contributed by atoms with van der Waals surface area (Å²) in [6.45, 7) is 1.86. The van der Waals surface area contributed by atoms with Crippen molar-refractivity contribution < 1.29 is 19.6 Å². The first-order valence-electron chi connectivity index (χ1n) is 6.25. The second-order valence-corrected chi connectivity index (χ2v) is 4.47. The second-order valence-electron chi connectivity index (χ2n) is 4.47. The van der Waals surface area contributed by atoms with Gasteiger partial charge in [0.1, 0.15) is 6.33 Å². The van der Waals surface area contributed by atoms with Crippen LogP contribution in [0.1, 0.15) is 0 Å². The fourth-order valence-corrected chi connectivity index (χ4v) is 2.20. The molecule has 1 aliphatic rings. The number of aliphatic carboxylic acids is 1. The quantitative estimate of drug-likeness (QED) is 0.571. The first-order valence-corrected chi connectivity index (χ1v) is 6.25. The fraction of sp³-hybridized carbons (Fsp3) is 0.545. The topological polar surface area (TPSA) is 122 Å². The van der Waals surface area contributed by atoms with Crippen LogP contribution in [0.25, 0.3) is 0 Å². The average Bonchev–Trinajstić information content (AvgIpc) is 2.46. The zero-order valence-electron chi connectivity index (χ0n) is 11.4. The third-order valence-corrected chi connectivity index (χ3v) is 3.18. The standard InChI is InChI=1S/C11H15N5O5/c1-21-11-9(16(19)20)10(12-7-13-11)15-4-2-14(3-5-15)6-8(17)18/h7H,2-6H2,1H3,(H,17,18). The molecule has 21 heavy (non-hydrogen) atoms. The molecule has 0 saturated carbocycles. The summed E-state index contributed by atoms with van der Waals surface area (Å²) in [4.78, 5) is 32.5. The first-order chi connectivity index (χ1) is 10.0. The van der Waals surface area contributed by atoms with Gasteiger partial charge in [-0.3, -0.25) is 19.8 Å². The van der Waals surface area contributed by atoms with E-state index in [9.17, 15) is 14.9 Å². The summed E-state index contributed by atoms with van der Waals surface area (Å²) >= 11 is 0. The van der Waals surface area contributed by atoms with Crippen molar-refractivity contribution >= 4 is 17.5 Å². The highest BCUT2D eigenvalue weighted by Gasteiger charge is 2.30. The molecule has 1 fully saturated rings. The Morgan fingerprint density at radius 2 is 2.10 bits per heavy atom. The molecule has 0 atom stereocenters. The van der Waals surface area contributed by atoms with Crippen molar-refractivity contribution in [1.82, 2.24) is 14.9 Å². The molecular weight excluding hydrogens is 282 g/mol. The van der Waals surface area contributed by atoms with Crippen LogP contribution >= 0.6 is 0 Å². The summed E-state index contributed by atoms with van der Waals surface area (Å²) in [7, 11) is 1.31. The molecular formula is C11H15N5O5. The van der Waals surface area contributed by atoms with Crippen molar-refractivity contribution in [2.75, 3.05) is 44.7 Å². The first kappa shape index (κ1) is 14.9. The van der Waals surface area contributed by atoms with Gasteiger partial charge in [-0.05, 0) is 0 Å². The summed E-state index contributed by atoms with van der Waals surface area (Å²) in [5.41, 5.74) is -0.272. The smallest absolute Gasteiger partial charge is 0.372 e. The molecule has 0 aliphatic carbocycles. The fourth-order valence-electron chi connectivity index (χ4n) is 2.20. The Morgan fingerprint density at radius 3 is 2.62 bits per heavy atom. The predicted molar refractivity (Wildman–Crippen MR) is 71.5 cm³/mol. The number of carboxylic acids is 1. The van der Waals surface area contributed by atoms with Crippen molar-refractivity contribution in [2.45, 2.75) is 0 Å². The van der Waals surface area contributed by atoms with Crippen molar-refractivity contribution in [2.24, 2.45) is 0 Å². The summed E-state index contributed by atoms with van der Waals surface area (Å²) in [6, 6.07) is 0. The van der Waals surface area contributed by atoms with Crippen LogP contribution in [0, 0.1) is 10.1 Å². The molecule has 0 bridgehead atoms. The van der Waals surface area contributed by atoms with Crippen molar-refractivity contribution in [3.63, 3.8) is 0 Å². The third-order valence-electron chi connectivity index (χ3n) is 3.18. The predicted octanol–water partition coefficient (Wildman–Crippen LogP) is -0.400. The van der Waals surface area contributed by atoms with Crippen molar-refractivity contribution in [3.05, 3.63) is 16.4 Å². The van der Waals surface area contributed by atoms with E-state index in [1.165, 1.54) is 13.4 Å². The number of carbonyl (C=O) groups is 1. The maximum absolute atomic E-state index is 11.2. The van der Waals surface area contributed by atoms with Gasteiger partial charge >= 0.3 is 11.7 Å². The number of piperazine rings is 1. The Bertz CT molecular complexity index is 544. The van der Waals surface area contributed by atoms with Gasteiger partial charge in [0.15, 0.2) is 0 Å². The number of anilines is 1. The van der Waals surface area contributed by atoms with Gasteiger partial charge < -0.3 is 14.7 Å². The Labute approximate surface area is 120 Å². The number of nitrogens with zero attached hydrogens (tertiary/aromatic N) is 5. The van der Waals surface area contributed by atoms with Crippen LogP contribution in [0.2, 0.25) is 0 Å². The molecule has 10 nitrogen and oxygen atoms in total. The molecule has 0 unspecified atom stereocenters. The highest BCUT2D eigenvalue weighted by molar-refractivity contribution is 5.69. The van der Waals surface area contributed by atoms with Gasteiger partial charge in [-0.15, -0.1) is 0 Å². The normalized spacial score (nSPS) is 15.8. The van der Waals surface area contributed by atoms with Gasteiger partial charge in [0.2, 0.25) is 5.82 Å². The summed E-state index contributed by atoms with van der Waals surface area (Å²) in [5.74, 6) is -0.780. The van der Waals surface area contributed by atoms with E-state index in [-0.39, 0.29) is 23.9 Å². The Balaban J connectivity index is 2.17. The van der Waals surface area contributed by atoms with Crippen molar-refractivity contribution in [1.29, 1.82) is 0 Å². The molecule has 1 aliphatic heterocycles.